The maximum absolute atomic E-state index is 12.7. The van der Waals surface area contributed by atoms with E-state index in [1.807, 2.05) is 44.4 Å². The fourth-order valence-electron chi connectivity index (χ4n) is 5.28. The molecule has 42 heavy (non-hydrogen) atoms. The Morgan fingerprint density at radius 2 is 2.10 bits per heavy atom. The van der Waals surface area contributed by atoms with E-state index in [1.165, 1.54) is 24.4 Å². The predicted octanol–water partition coefficient (Wildman–Crippen LogP) is 4.44. The third-order valence-corrected chi connectivity index (χ3v) is 7.82. The van der Waals surface area contributed by atoms with Crippen molar-refractivity contribution in [2.24, 2.45) is 10.9 Å². The van der Waals surface area contributed by atoms with Gasteiger partial charge < -0.3 is 19.9 Å². The van der Waals surface area contributed by atoms with Crippen LogP contribution in [0.3, 0.4) is 0 Å². The molecule has 1 saturated heterocycles. The van der Waals surface area contributed by atoms with E-state index in [9.17, 15) is 4.79 Å². The van der Waals surface area contributed by atoms with E-state index < -0.39 is 0 Å². The quantitative estimate of drug-likeness (QED) is 0.266. The molecule has 0 aliphatic carbocycles. The molecular formula is C30H39N9O2S. The van der Waals surface area contributed by atoms with Crippen LogP contribution in [0, 0.1) is 12.8 Å². The first-order valence-electron chi connectivity index (χ1n) is 14.4. The average molecular weight is 590 g/mol. The second kappa shape index (κ2) is 13.8. The third kappa shape index (κ3) is 7.62. The second-order valence-electron chi connectivity index (χ2n) is 10.7. The monoisotopic (exact) mass is 589 g/mol. The Balaban J connectivity index is 1.28. The number of nitrogens with zero attached hydrogens (tertiary/aromatic N) is 7. The molecule has 1 fully saturated rings. The van der Waals surface area contributed by atoms with Gasteiger partial charge in [0, 0.05) is 37.6 Å². The number of benzene rings is 1. The summed E-state index contributed by atoms with van der Waals surface area (Å²) in [5.74, 6) is 1.86. The van der Waals surface area contributed by atoms with Crippen molar-refractivity contribution in [1.29, 1.82) is 0 Å². The number of methoxy groups -OCH3 is 1. The van der Waals surface area contributed by atoms with Crippen LogP contribution in [0.15, 0.2) is 53.9 Å². The van der Waals surface area contributed by atoms with E-state index in [-0.39, 0.29) is 12.5 Å². The summed E-state index contributed by atoms with van der Waals surface area (Å²) in [5, 5.41) is 11.7. The molecule has 12 heteroatoms. The number of carbonyl (C=O) groups is 1. The highest BCUT2D eigenvalue weighted by Gasteiger charge is 2.18. The number of aromatic nitrogens is 5. The molecule has 4 aromatic rings. The SMILES string of the molecule is CCN=c1c(Nc2cc(CN3CCCC(C)C3)ns2)nc(C)cn1Cc1cnn(CC(=O)Nc2ccccc2OC)c1. The van der Waals surface area contributed by atoms with Crippen LogP contribution in [-0.4, -0.2) is 61.3 Å². The standard InChI is InChI=1S/C30H39N9O2S/c1-5-31-30-29(35-28-13-24(36-42-28)19-37-12-8-9-21(2)15-37)33-22(3)16-38(30)17-23-14-32-39(18-23)20-27(40)34-25-10-6-7-11-26(25)41-4/h6-7,10-11,13-14,16,18,21H,5,8-9,12,15,17,19-20H2,1-4H3,(H,33,35)(H,34,40). The van der Waals surface area contributed by atoms with Crippen LogP contribution < -0.4 is 20.9 Å². The van der Waals surface area contributed by atoms with Crippen molar-refractivity contribution in [1.82, 2.24) is 28.6 Å². The molecule has 1 aromatic carbocycles. The van der Waals surface area contributed by atoms with Crippen molar-refractivity contribution in [3.8, 4) is 5.75 Å². The second-order valence-corrected chi connectivity index (χ2v) is 11.5. The summed E-state index contributed by atoms with van der Waals surface area (Å²) < 4.78 is 13.7. The molecule has 3 aromatic heterocycles. The highest BCUT2D eigenvalue weighted by Crippen LogP contribution is 2.24. The molecule has 2 N–H and O–H groups in total. The molecule has 222 valence electrons. The Labute approximate surface area is 250 Å². The Morgan fingerprint density at radius 1 is 1.24 bits per heavy atom. The highest BCUT2D eigenvalue weighted by atomic mass is 32.1. The Bertz CT molecular complexity index is 1570. The molecule has 0 saturated carbocycles. The minimum absolute atomic E-state index is 0.0845. The van der Waals surface area contributed by atoms with Gasteiger partial charge in [-0.05, 0) is 68.9 Å². The lowest BCUT2D eigenvalue weighted by Gasteiger charge is -2.30. The largest absolute Gasteiger partial charge is 0.495 e. The summed E-state index contributed by atoms with van der Waals surface area (Å²) in [5.41, 5.74) is 4.27. The molecule has 1 aliphatic heterocycles. The number of ether oxygens (including phenoxy) is 1. The number of likely N-dealkylation sites (tertiary alicyclic amines) is 1. The van der Waals surface area contributed by atoms with Gasteiger partial charge in [0.1, 0.15) is 17.3 Å². The van der Waals surface area contributed by atoms with Gasteiger partial charge in [-0.25, -0.2) is 4.98 Å². The number of piperidine rings is 1. The molecule has 1 unspecified atom stereocenters. The highest BCUT2D eigenvalue weighted by molar-refractivity contribution is 7.10. The zero-order valence-corrected chi connectivity index (χ0v) is 25.5. The van der Waals surface area contributed by atoms with Crippen molar-refractivity contribution in [2.45, 2.75) is 53.2 Å². The van der Waals surface area contributed by atoms with Gasteiger partial charge in [0.05, 0.1) is 36.9 Å². The van der Waals surface area contributed by atoms with E-state index >= 15 is 0 Å². The number of nitrogens with one attached hydrogen (secondary N) is 2. The van der Waals surface area contributed by atoms with Gasteiger partial charge in [0.15, 0.2) is 11.3 Å². The molecule has 0 bridgehead atoms. The van der Waals surface area contributed by atoms with Gasteiger partial charge in [0.2, 0.25) is 5.91 Å². The summed E-state index contributed by atoms with van der Waals surface area (Å²) in [6, 6.07) is 9.44. The molecule has 1 aliphatic rings. The van der Waals surface area contributed by atoms with Crippen LogP contribution in [0.4, 0.5) is 16.5 Å². The van der Waals surface area contributed by atoms with E-state index in [4.69, 9.17) is 19.1 Å². The molecule has 5 rings (SSSR count). The first-order chi connectivity index (χ1) is 20.4. The van der Waals surface area contributed by atoms with Gasteiger partial charge >= 0.3 is 0 Å². The number of carbonyl (C=O) groups excluding carboxylic acids is 1. The van der Waals surface area contributed by atoms with Crippen LogP contribution in [0.1, 0.15) is 43.6 Å². The Hall–Kier alpha value is -4.03. The average Bonchev–Trinajstić information content (AvgIpc) is 3.59. The summed E-state index contributed by atoms with van der Waals surface area (Å²) in [4.78, 5) is 24.7. The molecular weight excluding hydrogens is 550 g/mol. The minimum atomic E-state index is -0.187. The first kappa shape index (κ1) is 29.5. The number of rotatable bonds is 11. The van der Waals surface area contributed by atoms with Crippen LogP contribution in [-0.2, 0) is 24.4 Å². The van der Waals surface area contributed by atoms with Gasteiger partial charge in [-0.2, -0.15) is 9.47 Å². The van der Waals surface area contributed by atoms with Crippen LogP contribution >= 0.6 is 11.5 Å². The maximum atomic E-state index is 12.7. The maximum Gasteiger partial charge on any atom is 0.246 e. The number of aryl methyl sites for hydroxylation is 1. The fraction of sp³-hybridized carbons (Fsp3) is 0.433. The van der Waals surface area contributed by atoms with Crippen LogP contribution in [0.25, 0.3) is 0 Å². The molecule has 4 heterocycles. The van der Waals surface area contributed by atoms with Crippen molar-refractivity contribution in [3.63, 3.8) is 0 Å². The van der Waals surface area contributed by atoms with Crippen molar-refractivity contribution in [3.05, 3.63) is 71.4 Å². The molecule has 11 nitrogen and oxygen atoms in total. The summed E-state index contributed by atoms with van der Waals surface area (Å²) in [6.07, 6.45) is 8.20. The summed E-state index contributed by atoms with van der Waals surface area (Å²) in [7, 11) is 1.58. The molecule has 0 radical (unpaired) electrons. The van der Waals surface area contributed by atoms with Crippen molar-refractivity contribution < 1.29 is 9.53 Å². The van der Waals surface area contributed by atoms with E-state index in [0.29, 0.717) is 30.3 Å². The molecule has 1 amide bonds. The first-order valence-corrected chi connectivity index (χ1v) is 15.1. The number of para-hydroxylation sites is 2. The van der Waals surface area contributed by atoms with Crippen molar-refractivity contribution in [2.75, 3.05) is 37.4 Å². The smallest absolute Gasteiger partial charge is 0.246 e. The van der Waals surface area contributed by atoms with Crippen LogP contribution in [0.2, 0.25) is 0 Å². The zero-order valence-electron chi connectivity index (χ0n) is 24.7. The number of anilines is 3. The summed E-state index contributed by atoms with van der Waals surface area (Å²) in [6.45, 7) is 10.7. The van der Waals surface area contributed by atoms with E-state index in [2.05, 4.69) is 38.2 Å². The van der Waals surface area contributed by atoms with Gasteiger partial charge in [-0.3, -0.25) is 19.4 Å². The molecule has 1 atom stereocenters. The van der Waals surface area contributed by atoms with Gasteiger partial charge in [-0.1, -0.05) is 19.1 Å². The lowest BCUT2D eigenvalue weighted by atomic mass is 10.0. The predicted molar refractivity (Wildman–Crippen MR) is 165 cm³/mol. The number of hydrogen-bond acceptors (Lipinski definition) is 9. The van der Waals surface area contributed by atoms with E-state index in [1.54, 1.807) is 24.1 Å². The molecule has 0 spiro atoms. The van der Waals surface area contributed by atoms with Gasteiger partial charge in [0.25, 0.3) is 0 Å². The van der Waals surface area contributed by atoms with Crippen molar-refractivity contribution >= 4 is 33.9 Å². The lowest BCUT2D eigenvalue weighted by Crippen LogP contribution is -2.33. The number of hydrogen-bond donors (Lipinski definition) is 2. The Morgan fingerprint density at radius 3 is 2.90 bits per heavy atom. The van der Waals surface area contributed by atoms with Crippen LogP contribution in [0.5, 0.6) is 5.75 Å². The zero-order chi connectivity index (χ0) is 29.5. The minimum Gasteiger partial charge on any atom is -0.495 e. The van der Waals surface area contributed by atoms with Gasteiger partial charge in [-0.15, -0.1) is 0 Å². The summed E-state index contributed by atoms with van der Waals surface area (Å²) >= 11 is 1.45. The number of amides is 1. The third-order valence-electron chi connectivity index (χ3n) is 7.08. The lowest BCUT2D eigenvalue weighted by molar-refractivity contribution is -0.116. The Kier molecular flexibility index (Phi) is 9.65. The topological polar surface area (TPSA) is 114 Å². The van der Waals surface area contributed by atoms with E-state index in [0.717, 1.165) is 53.0 Å². The fourth-order valence-corrected chi connectivity index (χ4v) is 5.93. The normalized spacial score (nSPS) is 16.0.